The van der Waals surface area contributed by atoms with Gasteiger partial charge in [0.25, 0.3) is 5.91 Å². The molecule has 4 rings (SSSR count). The average Bonchev–Trinajstić information content (AvgIpc) is 3.34. The number of rotatable bonds is 5. The topological polar surface area (TPSA) is 121 Å². The largest absolute Gasteiger partial charge is 0.508 e. The first-order valence-corrected chi connectivity index (χ1v) is 10.0. The van der Waals surface area contributed by atoms with Gasteiger partial charge in [0.1, 0.15) is 11.8 Å². The number of ketones is 1. The molecule has 159 valence electrons. The number of benzene rings is 2. The quantitative estimate of drug-likeness (QED) is 0.746. The molecule has 2 saturated heterocycles. The van der Waals surface area contributed by atoms with Crippen LogP contribution in [0.15, 0.2) is 48.5 Å². The lowest BCUT2D eigenvalue weighted by atomic mass is 10.0. The Balaban J connectivity index is 1.45. The SMILES string of the molecule is NC(=O)c1cc(O)ccc1C[CH]C(=O)N1CCC2C1C(=O)CN2C(=O)c1ccccc1. The number of amides is 3. The maximum Gasteiger partial charge on any atom is 0.254 e. The van der Waals surface area contributed by atoms with E-state index in [1.54, 1.807) is 29.2 Å². The Morgan fingerprint density at radius 1 is 1.10 bits per heavy atom. The first kappa shape index (κ1) is 20.6. The van der Waals surface area contributed by atoms with Crippen molar-refractivity contribution in [3.63, 3.8) is 0 Å². The van der Waals surface area contributed by atoms with E-state index in [-0.39, 0.29) is 47.9 Å². The predicted octanol–water partition coefficient (Wildman–Crippen LogP) is 0.932. The van der Waals surface area contributed by atoms with E-state index in [4.69, 9.17) is 5.73 Å². The van der Waals surface area contributed by atoms with Crippen LogP contribution in [-0.2, 0) is 16.0 Å². The third-order valence-electron chi connectivity index (χ3n) is 5.84. The van der Waals surface area contributed by atoms with Gasteiger partial charge >= 0.3 is 0 Å². The van der Waals surface area contributed by atoms with E-state index < -0.39 is 11.9 Å². The van der Waals surface area contributed by atoms with Gasteiger partial charge in [0, 0.05) is 17.7 Å². The molecule has 31 heavy (non-hydrogen) atoms. The normalized spacial score (nSPS) is 20.1. The van der Waals surface area contributed by atoms with Crippen molar-refractivity contribution in [3.8, 4) is 5.75 Å². The molecule has 2 aliphatic rings. The van der Waals surface area contributed by atoms with Crippen LogP contribution in [0.4, 0.5) is 0 Å². The molecular formula is C23H22N3O5. The fraction of sp³-hybridized carbons (Fsp3) is 0.261. The van der Waals surface area contributed by atoms with E-state index in [1.165, 1.54) is 29.5 Å². The molecule has 2 heterocycles. The summed E-state index contributed by atoms with van der Waals surface area (Å²) in [5, 5.41) is 9.56. The molecule has 0 bridgehead atoms. The molecule has 2 aliphatic heterocycles. The fourth-order valence-corrected chi connectivity index (χ4v) is 4.37. The number of phenols is 1. The number of hydrogen-bond donors (Lipinski definition) is 2. The summed E-state index contributed by atoms with van der Waals surface area (Å²) in [6.45, 7) is 0.351. The summed E-state index contributed by atoms with van der Waals surface area (Å²) in [5.41, 5.74) is 6.51. The monoisotopic (exact) mass is 420 g/mol. The van der Waals surface area contributed by atoms with Crippen LogP contribution < -0.4 is 5.73 Å². The van der Waals surface area contributed by atoms with Gasteiger partial charge < -0.3 is 20.6 Å². The molecule has 2 atom stereocenters. The van der Waals surface area contributed by atoms with Crippen LogP contribution in [0.2, 0.25) is 0 Å². The zero-order chi connectivity index (χ0) is 22.1. The maximum atomic E-state index is 12.9. The number of primary amides is 1. The highest BCUT2D eigenvalue weighted by molar-refractivity contribution is 6.03. The van der Waals surface area contributed by atoms with Gasteiger partial charge in [0.05, 0.1) is 19.0 Å². The van der Waals surface area contributed by atoms with Crippen LogP contribution in [-0.4, -0.2) is 63.6 Å². The van der Waals surface area contributed by atoms with Gasteiger partial charge in [0.2, 0.25) is 11.8 Å². The third kappa shape index (κ3) is 3.88. The second-order valence-electron chi connectivity index (χ2n) is 7.71. The van der Waals surface area contributed by atoms with E-state index in [1.807, 2.05) is 6.07 Å². The van der Waals surface area contributed by atoms with Crippen molar-refractivity contribution >= 4 is 23.5 Å². The number of aromatic hydroxyl groups is 1. The zero-order valence-corrected chi connectivity index (χ0v) is 16.7. The maximum absolute atomic E-state index is 12.9. The number of fused-ring (bicyclic) bond motifs is 1. The number of nitrogens with zero attached hydrogens (tertiary/aromatic N) is 2. The molecule has 0 spiro atoms. The van der Waals surface area contributed by atoms with Gasteiger partial charge in [-0.05, 0) is 42.7 Å². The number of nitrogens with two attached hydrogens (primary N) is 1. The Kier molecular flexibility index (Phi) is 5.46. The molecule has 2 aromatic carbocycles. The molecule has 3 amide bonds. The number of phenolic OH excluding ortho intramolecular Hbond substituents is 1. The highest BCUT2D eigenvalue weighted by Crippen LogP contribution is 2.31. The van der Waals surface area contributed by atoms with Gasteiger partial charge in [0.15, 0.2) is 5.78 Å². The Morgan fingerprint density at radius 3 is 2.55 bits per heavy atom. The van der Waals surface area contributed by atoms with Gasteiger partial charge in [-0.1, -0.05) is 24.3 Å². The van der Waals surface area contributed by atoms with Crippen LogP contribution in [0.1, 0.15) is 32.7 Å². The van der Waals surface area contributed by atoms with Gasteiger partial charge in [-0.3, -0.25) is 19.2 Å². The lowest BCUT2D eigenvalue weighted by molar-refractivity contribution is -0.133. The molecule has 2 unspecified atom stereocenters. The minimum Gasteiger partial charge on any atom is -0.508 e. The van der Waals surface area contributed by atoms with Crippen molar-refractivity contribution in [1.82, 2.24) is 9.80 Å². The van der Waals surface area contributed by atoms with Crippen LogP contribution in [0.25, 0.3) is 0 Å². The summed E-state index contributed by atoms with van der Waals surface area (Å²) in [6, 6.07) is 12.0. The summed E-state index contributed by atoms with van der Waals surface area (Å²) in [7, 11) is 0. The number of carbonyl (C=O) groups excluding carboxylic acids is 4. The lowest BCUT2D eigenvalue weighted by Crippen LogP contribution is -2.43. The minimum atomic E-state index is -0.700. The molecule has 0 saturated carbocycles. The summed E-state index contributed by atoms with van der Waals surface area (Å²) in [5.74, 6) is -1.50. The van der Waals surface area contributed by atoms with E-state index in [0.717, 1.165) is 0 Å². The first-order valence-electron chi connectivity index (χ1n) is 10.0. The highest BCUT2D eigenvalue weighted by Gasteiger charge is 2.51. The standard InChI is InChI=1S/C23H22N3O5/c24-22(30)17-12-16(27)8-6-14(17)7-9-20(29)25-11-10-18-21(25)19(28)13-26(18)23(31)15-4-2-1-3-5-15/h1-6,8-9,12,18,21,27H,7,10-11,13H2,(H2,24,30). The summed E-state index contributed by atoms with van der Waals surface area (Å²) in [6.07, 6.45) is 2.06. The van der Waals surface area contributed by atoms with Gasteiger partial charge in [-0.2, -0.15) is 0 Å². The van der Waals surface area contributed by atoms with Crippen molar-refractivity contribution in [2.24, 2.45) is 5.73 Å². The number of hydrogen-bond acceptors (Lipinski definition) is 5. The minimum absolute atomic E-state index is 0.0172. The lowest BCUT2D eigenvalue weighted by Gasteiger charge is -2.24. The van der Waals surface area contributed by atoms with E-state index in [2.05, 4.69) is 0 Å². The number of likely N-dealkylation sites (tertiary alicyclic amines) is 2. The van der Waals surface area contributed by atoms with E-state index in [9.17, 15) is 24.3 Å². The van der Waals surface area contributed by atoms with E-state index >= 15 is 0 Å². The van der Waals surface area contributed by atoms with Gasteiger partial charge in [-0.15, -0.1) is 0 Å². The third-order valence-corrected chi connectivity index (χ3v) is 5.84. The van der Waals surface area contributed by atoms with Crippen LogP contribution in [0.5, 0.6) is 5.75 Å². The summed E-state index contributed by atoms with van der Waals surface area (Å²) < 4.78 is 0. The molecule has 3 N–H and O–H groups in total. The van der Waals surface area contributed by atoms with Crippen molar-refractivity contribution in [1.29, 1.82) is 0 Å². The zero-order valence-electron chi connectivity index (χ0n) is 16.7. The van der Waals surface area contributed by atoms with E-state index in [0.29, 0.717) is 24.1 Å². The number of carbonyl (C=O) groups is 4. The summed E-state index contributed by atoms with van der Waals surface area (Å²) >= 11 is 0. The van der Waals surface area contributed by atoms with Crippen molar-refractivity contribution in [2.75, 3.05) is 13.1 Å². The fourth-order valence-electron chi connectivity index (χ4n) is 4.37. The summed E-state index contributed by atoms with van der Waals surface area (Å²) in [4.78, 5) is 53.0. The molecule has 8 nitrogen and oxygen atoms in total. The molecule has 2 aromatic rings. The van der Waals surface area contributed by atoms with Crippen LogP contribution in [0.3, 0.4) is 0 Å². The van der Waals surface area contributed by atoms with Crippen LogP contribution in [0, 0.1) is 6.42 Å². The molecular weight excluding hydrogens is 398 g/mol. The Hall–Kier alpha value is -3.68. The van der Waals surface area contributed by atoms with Crippen molar-refractivity contribution in [3.05, 3.63) is 71.6 Å². The predicted molar refractivity (Wildman–Crippen MR) is 111 cm³/mol. The van der Waals surface area contributed by atoms with Crippen LogP contribution >= 0.6 is 0 Å². The average molecular weight is 420 g/mol. The molecule has 2 fully saturated rings. The van der Waals surface area contributed by atoms with Crippen molar-refractivity contribution in [2.45, 2.75) is 24.9 Å². The Morgan fingerprint density at radius 2 is 1.84 bits per heavy atom. The molecule has 0 aromatic heterocycles. The highest BCUT2D eigenvalue weighted by atomic mass is 16.3. The first-order chi connectivity index (χ1) is 14.9. The molecule has 8 heteroatoms. The second kappa shape index (κ2) is 8.22. The van der Waals surface area contributed by atoms with Crippen molar-refractivity contribution < 1.29 is 24.3 Å². The molecule has 0 aliphatic carbocycles. The smallest absolute Gasteiger partial charge is 0.254 e. The second-order valence-corrected chi connectivity index (χ2v) is 7.71. The molecule has 1 radical (unpaired) electrons. The Labute approximate surface area is 179 Å². The van der Waals surface area contributed by atoms with Gasteiger partial charge in [-0.25, -0.2) is 0 Å². The Bertz CT molecular complexity index is 1050. The number of Topliss-reactive ketones (excluding diaryl/α,β-unsaturated/α-hetero) is 1.